The molecule has 0 unspecified atom stereocenters. The first-order valence-corrected chi connectivity index (χ1v) is 11.3. The Morgan fingerprint density at radius 1 is 0.966 bits per heavy atom. The Labute approximate surface area is 170 Å². The van der Waals surface area contributed by atoms with Gasteiger partial charge < -0.3 is 5.32 Å². The average molecular weight is 410 g/mol. The van der Waals surface area contributed by atoms with Crippen molar-refractivity contribution in [3.8, 4) is 0 Å². The number of sulfonamides is 1. The number of hydrogen-bond acceptors (Lipinski definition) is 4. The third kappa shape index (κ3) is 4.63. The molecule has 29 heavy (non-hydrogen) atoms. The molecule has 1 aliphatic carbocycles. The lowest BCUT2D eigenvalue weighted by Gasteiger charge is -2.22. The third-order valence-corrected chi connectivity index (χ3v) is 6.72. The Morgan fingerprint density at radius 3 is 2.62 bits per heavy atom. The van der Waals surface area contributed by atoms with Crippen LogP contribution in [0.4, 0.5) is 5.69 Å². The topological polar surface area (TPSA) is 88.2 Å². The van der Waals surface area contributed by atoms with E-state index < -0.39 is 10.0 Å². The fourth-order valence-electron chi connectivity index (χ4n) is 3.66. The van der Waals surface area contributed by atoms with E-state index >= 15 is 0 Å². The van der Waals surface area contributed by atoms with Crippen molar-refractivity contribution in [1.82, 2.24) is 9.71 Å². The Morgan fingerprint density at radius 2 is 1.79 bits per heavy atom. The molecule has 6 nitrogen and oxygen atoms in total. The largest absolute Gasteiger partial charge is 0.322 e. The lowest BCUT2D eigenvalue weighted by atomic mass is 9.96. The minimum atomic E-state index is -3.62. The summed E-state index contributed by atoms with van der Waals surface area (Å²) in [5, 5.41) is 3.73. The zero-order valence-electron chi connectivity index (χ0n) is 16.0. The van der Waals surface area contributed by atoms with Crippen molar-refractivity contribution in [2.24, 2.45) is 0 Å². The molecule has 4 rings (SSSR count). The van der Waals surface area contributed by atoms with Gasteiger partial charge in [0.15, 0.2) is 0 Å². The van der Waals surface area contributed by atoms with E-state index in [2.05, 4.69) is 15.0 Å². The summed E-state index contributed by atoms with van der Waals surface area (Å²) in [7, 11) is -3.62. The van der Waals surface area contributed by atoms with Crippen LogP contribution in [-0.4, -0.2) is 25.4 Å². The zero-order valence-corrected chi connectivity index (χ0v) is 16.8. The molecule has 0 saturated heterocycles. The number of carbonyl (C=O) groups excluding carboxylic acids is 1. The van der Waals surface area contributed by atoms with Gasteiger partial charge in [-0.15, -0.1) is 0 Å². The van der Waals surface area contributed by atoms with Crippen molar-refractivity contribution in [3.63, 3.8) is 0 Å². The van der Waals surface area contributed by atoms with Crippen molar-refractivity contribution >= 4 is 32.5 Å². The molecule has 1 heterocycles. The third-order valence-electron chi connectivity index (χ3n) is 5.20. The maximum atomic E-state index is 12.7. The number of rotatable bonds is 5. The van der Waals surface area contributed by atoms with Crippen LogP contribution in [0.15, 0.2) is 65.7 Å². The van der Waals surface area contributed by atoms with Gasteiger partial charge in [0.2, 0.25) is 10.0 Å². The number of pyridine rings is 1. The summed E-state index contributed by atoms with van der Waals surface area (Å²) in [4.78, 5) is 17.1. The predicted molar refractivity (Wildman–Crippen MR) is 113 cm³/mol. The van der Waals surface area contributed by atoms with E-state index in [1.807, 2.05) is 18.2 Å². The molecule has 0 atom stereocenters. The molecule has 3 aromatic rings. The van der Waals surface area contributed by atoms with Crippen LogP contribution in [-0.2, 0) is 10.0 Å². The normalized spacial score (nSPS) is 15.3. The number of amides is 1. The number of fused-ring (bicyclic) bond motifs is 1. The summed E-state index contributed by atoms with van der Waals surface area (Å²) < 4.78 is 28.2. The fraction of sp³-hybridized carbons (Fsp3) is 0.273. The highest BCUT2D eigenvalue weighted by Crippen LogP contribution is 2.22. The smallest absolute Gasteiger partial charge is 0.255 e. The number of carbonyl (C=O) groups is 1. The van der Waals surface area contributed by atoms with Gasteiger partial charge in [-0.25, -0.2) is 13.1 Å². The van der Waals surface area contributed by atoms with Crippen LogP contribution in [0.3, 0.4) is 0 Å². The van der Waals surface area contributed by atoms with E-state index in [0.717, 1.165) is 43.0 Å². The summed E-state index contributed by atoms with van der Waals surface area (Å²) in [6, 6.07) is 15.4. The number of anilines is 1. The molecule has 150 valence electrons. The van der Waals surface area contributed by atoms with E-state index in [0.29, 0.717) is 11.3 Å². The maximum Gasteiger partial charge on any atom is 0.255 e. The molecule has 1 amide bonds. The summed E-state index contributed by atoms with van der Waals surface area (Å²) in [6.07, 6.45) is 6.66. The number of nitrogens with one attached hydrogen (secondary N) is 2. The monoisotopic (exact) mass is 409 g/mol. The van der Waals surface area contributed by atoms with Gasteiger partial charge in [0, 0.05) is 28.9 Å². The minimum absolute atomic E-state index is 0.0166. The molecule has 2 N–H and O–H groups in total. The summed E-state index contributed by atoms with van der Waals surface area (Å²) in [5.74, 6) is -0.313. The minimum Gasteiger partial charge on any atom is -0.322 e. The van der Waals surface area contributed by atoms with Crippen LogP contribution < -0.4 is 10.0 Å². The lowest BCUT2D eigenvalue weighted by Crippen LogP contribution is -2.36. The van der Waals surface area contributed by atoms with E-state index in [1.165, 1.54) is 6.07 Å². The number of nitrogens with zero attached hydrogens (tertiary/aromatic N) is 1. The molecule has 0 bridgehead atoms. The van der Waals surface area contributed by atoms with Gasteiger partial charge in [0.05, 0.1) is 10.4 Å². The molecule has 0 radical (unpaired) electrons. The molecule has 7 heteroatoms. The standard InChI is InChI=1S/C22H23N3O3S/c26-22(17-12-11-16-6-5-13-23-21(16)14-17)24-19-9-4-10-20(15-19)29(27,28)25-18-7-2-1-3-8-18/h4-6,9-15,18,25H,1-3,7-8H2,(H,24,26). The summed E-state index contributed by atoms with van der Waals surface area (Å²) in [6.45, 7) is 0. The van der Waals surface area contributed by atoms with Crippen molar-refractivity contribution < 1.29 is 13.2 Å². The molecule has 0 aliphatic heterocycles. The molecule has 1 aromatic heterocycles. The second kappa shape index (κ2) is 8.31. The van der Waals surface area contributed by atoms with Crippen LogP contribution in [0.1, 0.15) is 42.5 Å². The predicted octanol–water partition coefficient (Wildman–Crippen LogP) is 4.10. The average Bonchev–Trinajstić information content (AvgIpc) is 2.74. The van der Waals surface area contributed by atoms with Gasteiger partial charge in [0.25, 0.3) is 5.91 Å². The van der Waals surface area contributed by atoms with Crippen molar-refractivity contribution in [2.45, 2.75) is 43.0 Å². The molecular weight excluding hydrogens is 386 g/mol. The summed E-state index contributed by atoms with van der Waals surface area (Å²) >= 11 is 0. The van der Waals surface area contributed by atoms with Gasteiger partial charge in [-0.1, -0.05) is 37.5 Å². The highest BCUT2D eigenvalue weighted by atomic mass is 32.2. The van der Waals surface area contributed by atoms with Crippen LogP contribution in [0.2, 0.25) is 0 Å². The van der Waals surface area contributed by atoms with E-state index in [-0.39, 0.29) is 16.8 Å². The van der Waals surface area contributed by atoms with Crippen LogP contribution in [0.25, 0.3) is 10.9 Å². The molecule has 0 spiro atoms. The molecule has 1 fully saturated rings. The molecule has 2 aromatic carbocycles. The van der Waals surface area contributed by atoms with Crippen LogP contribution in [0, 0.1) is 0 Å². The number of benzene rings is 2. The first-order valence-electron chi connectivity index (χ1n) is 9.80. The number of hydrogen-bond donors (Lipinski definition) is 2. The van der Waals surface area contributed by atoms with Gasteiger partial charge in [-0.2, -0.15) is 0 Å². The first kappa shape index (κ1) is 19.5. The van der Waals surface area contributed by atoms with Crippen LogP contribution in [0.5, 0.6) is 0 Å². The van der Waals surface area contributed by atoms with E-state index in [9.17, 15) is 13.2 Å². The quantitative estimate of drug-likeness (QED) is 0.664. The van der Waals surface area contributed by atoms with Gasteiger partial charge >= 0.3 is 0 Å². The second-order valence-corrected chi connectivity index (χ2v) is 9.06. The maximum absolute atomic E-state index is 12.7. The van der Waals surface area contributed by atoms with Gasteiger partial charge in [0.1, 0.15) is 0 Å². The highest BCUT2D eigenvalue weighted by Gasteiger charge is 2.22. The van der Waals surface area contributed by atoms with E-state index in [1.54, 1.807) is 36.5 Å². The van der Waals surface area contributed by atoms with E-state index in [4.69, 9.17) is 0 Å². The van der Waals surface area contributed by atoms with Crippen molar-refractivity contribution in [1.29, 1.82) is 0 Å². The Kier molecular flexibility index (Phi) is 5.60. The second-order valence-electron chi connectivity index (χ2n) is 7.35. The molecule has 1 aliphatic rings. The SMILES string of the molecule is O=C(Nc1cccc(S(=O)(=O)NC2CCCCC2)c1)c1ccc2cccnc2c1. The first-order chi connectivity index (χ1) is 14.0. The lowest BCUT2D eigenvalue weighted by molar-refractivity contribution is 0.102. The van der Waals surface area contributed by atoms with Gasteiger partial charge in [-0.3, -0.25) is 9.78 Å². The van der Waals surface area contributed by atoms with Crippen LogP contribution >= 0.6 is 0 Å². The van der Waals surface area contributed by atoms with Gasteiger partial charge in [-0.05, 0) is 49.2 Å². The molecular formula is C22H23N3O3S. The fourth-order valence-corrected chi connectivity index (χ4v) is 5.01. The van der Waals surface area contributed by atoms with Crippen molar-refractivity contribution in [3.05, 3.63) is 66.4 Å². The Hall–Kier alpha value is -2.77. The zero-order chi connectivity index (χ0) is 20.3. The Bertz CT molecular complexity index is 1140. The summed E-state index contributed by atoms with van der Waals surface area (Å²) in [5.41, 5.74) is 1.63. The van der Waals surface area contributed by atoms with Crippen molar-refractivity contribution in [2.75, 3.05) is 5.32 Å². The Balaban J connectivity index is 1.51. The molecule has 1 saturated carbocycles. The number of aromatic nitrogens is 1. The highest BCUT2D eigenvalue weighted by molar-refractivity contribution is 7.89.